The summed E-state index contributed by atoms with van der Waals surface area (Å²) in [6.45, 7) is 5.95. The number of hydrogen-bond acceptors (Lipinski definition) is 5. The van der Waals surface area contributed by atoms with Gasteiger partial charge < -0.3 is 10.7 Å². The van der Waals surface area contributed by atoms with Crippen LogP contribution in [0.15, 0.2) is 53.7 Å². The predicted molar refractivity (Wildman–Crippen MR) is 107 cm³/mol. The monoisotopic (exact) mass is 379 g/mol. The second-order valence-electron chi connectivity index (χ2n) is 6.78. The van der Waals surface area contributed by atoms with E-state index in [2.05, 4.69) is 52.1 Å². The molecule has 2 aromatic carbocycles. The molecule has 6 nitrogen and oxygen atoms in total. The van der Waals surface area contributed by atoms with E-state index in [1.54, 1.807) is 0 Å². The minimum Gasteiger partial charge on any atom is -0.325 e. The fourth-order valence-corrected chi connectivity index (χ4v) is 4.25. The van der Waals surface area contributed by atoms with Crippen LogP contribution < -0.4 is 10.7 Å². The zero-order chi connectivity index (χ0) is 19.0. The molecule has 27 heavy (non-hydrogen) atoms. The molecule has 1 aliphatic heterocycles. The third-order valence-electron chi connectivity index (χ3n) is 4.58. The molecule has 1 aliphatic rings. The van der Waals surface area contributed by atoms with E-state index in [0.717, 1.165) is 22.6 Å². The second-order valence-corrected chi connectivity index (χ2v) is 7.89. The zero-order valence-electron chi connectivity index (χ0n) is 15.4. The summed E-state index contributed by atoms with van der Waals surface area (Å²) in [6.07, 6.45) is 0. The Balaban J connectivity index is 1.66. The van der Waals surface area contributed by atoms with Gasteiger partial charge in [0.25, 0.3) is 0 Å². The number of hydrogen-bond donors (Lipinski definition) is 2. The highest BCUT2D eigenvalue weighted by atomic mass is 32.2. The van der Waals surface area contributed by atoms with E-state index in [1.165, 1.54) is 17.3 Å². The minimum atomic E-state index is -0.371. The van der Waals surface area contributed by atoms with Crippen LogP contribution >= 0.6 is 11.8 Å². The molecule has 0 saturated carbocycles. The van der Waals surface area contributed by atoms with Gasteiger partial charge in [-0.2, -0.15) is 0 Å². The van der Waals surface area contributed by atoms with Gasteiger partial charge >= 0.3 is 0 Å². The molecule has 1 aromatic heterocycles. The number of aryl methyl sites for hydroxylation is 3. The van der Waals surface area contributed by atoms with Gasteiger partial charge in [0.15, 0.2) is 0 Å². The summed E-state index contributed by atoms with van der Waals surface area (Å²) in [5.41, 5.74) is 7.56. The summed E-state index contributed by atoms with van der Waals surface area (Å²) in [5, 5.41) is 11.7. The molecule has 0 unspecified atom stereocenters. The molecule has 138 valence electrons. The number of rotatable bonds is 3. The first-order chi connectivity index (χ1) is 13.0. The normalized spacial score (nSPS) is 18.5. The summed E-state index contributed by atoms with van der Waals surface area (Å²) >= 11 is 1.43. The Kier molecular flexibility index (Phi) is 4.61. The van der Waals surface area contributed by atoms with E-state index in [-0.39, 0.29) is 17.2 Å². The van der Waals surface area contributed by atoms with E-state index in [1.807, 2.05) is 42.8 Å². The number of carbonyl (C=O) groups excluding carboxylic acids is 1. The highest BCUT2D eigenvalue weighted by molar-refractivity contribution is 8.00. The Morgan fingerprint density at radius 3 is 2.59 bits per heavy atom. The average molecular weight is 379 g/mol. The molecule has 0 aliphatic carbocycles. The number of nitrogens with one attached hydrogen (secondary N) is 2. The SMILES string of the molecule is Cc1ccc([C@@H]2Nn3c(C)nnc3S[C@@H]2C(=O)Nc2cccc(C)c2)cc1. The molecule has 7 heteroatoms. The maximum absolute atomic E-state index is 13.1. The highest BCUT2D eigenvalue weighted by Gasteiger charge is 2.37. The Bertz CT molecular complexity index is 982. The molecule has 2 atom stereocenters. The number of amides is 1. The molecular formula is C20H21N5OS. The van der Waals surface area contributed by atoms with Gasteiger partial charge in [-0.1, -0.05) is 53.7 Å². The quantitative estimate of drug-likeness (QED) is 0.727. The Morgan fingerprint density at radius 1 is 1.07 bits per heavy atom. The number of carbonyl (C=O) groups is 1. The molecule has 2 heterocycles. The first-order valence-electron chi connectivity index (χ1n) is 8.80. The third-order valence-corrected chi connectivity index (χ3v) is 5.79. The number of anilines is 1. The largest absolute Gasteiger partial charge is 0.325 e. The minimum absolute atomic E-state index is 0.0596. The van der Waals surface area contributed by atoms with Crippen molar-refractivity contribution in [2.24, 2.45) is 0 Å². The van der Waals surface area contributed by atoms with Crippen LogP contribution in [-0.2, 0) is 4.79 Å². The molecule has 3 aromatic rings. The Hall–Kier alpha value is -2.80. The highest BCUT2D eigenvalue weighted by Crippen LogP contribution is 2.37. The third kappa shape index (κ3) is 3.55. The molecule has 1 amide bonds. The van der Waals surface area contributed by atoms with Crippen LogP contribution in [0, 0.1) is 20.8 Å². The Morgan fingerprint density at radius 2 is 1.85 bits per heavy atom. The van der Waals surface area contributed by atoms with Crippen LogP contribution in [0.4, 0.5) is 5.69 Å². The molecule has 0 spiro atoms. The lowest BCUT2D eigenvalue weighted by Crippen LogP contribution is -2.41. The summed E-state index contributed by atoms with van der Waals surface area (Å²) in [6, 6.07) is 15.9. The first-order valence-corrected chi connectivity index (χ1v) is 9.68. The summed E-state index contributed by atoms with van der Waals surface area (Å²) < 4.78 is 1.85. The second kappa shape index (κ2) is 7.08. The van der Waals surface area contributed by atoms with Gasteiger partial charge in [0.2, 0.25) is 11.1 Å². The Labute approximate surface area is 162 Å². The number of aromatic nitrogens is 3. The van der Waals surface area contributed by atoms with Gasteiger partial charge in [-0.05, 0) is 44.0 Å². The lowest BCUT2D eigenvalue weighted by atomic mass is 10.0. The van der Waals surface area contributed by atoms with Gasteiger partial charge in [-0.15, -0.1) is 10.2 Å². The average Bonchev–Trinajstić information content (AvgIpc) is 3.02. The van der Waals surface area contributed by atoms with Crippen LogP contribution in [0.1, 0.15) is 28.6 Å². The maximum atomic E-state index is 13.1. The molecule has 4 rings (SSSR count). The number of benzene rings is 2. The molecule has 0 bridgehead atoms. The van der Waals surface area contributed by atoms with Crippen LogP contribution in [0.3, 0.4) is 0 Å². The number of fused-ring (bicyclic) bond motifs is 1. The van der Waals surface area contributed by atoms with Gasteiger partial charge in [0.1, 0.15) is 11.1 Å². The van der Waals surface area contributed by atoms with E-state index < -0.39 is 0 Å². The van der Waals surface area contributed by atoms with Crippen molar-refractivity contribution in [2.75, 3.05) is 10.7 Å². The van der Waals surface area contributed by atoms with Crippen molar-refractivity contribution in [2.45, 2.75) is 37.2 Å². The van der Waals surface area contributed by atoms with Crippen molar-refractivity contribution in [3.63, 3.8) is 0 Å². The number of nitrogens with zero attached hydrogens (tertiary/aromatic N) is 3. The molecule has 0 fully saturated rings. The van der Waals surface area contributed by atoms with Gasteiger partial charge in [0.05, 0.1) is 6.04 Å². The fourth-order valence-electron chi connectivity index (χ4n) is 3.12. The van der Waals surface area contributed by atoms with Crippen molar-refractivity contribution in [3.8, 4) is 0 Å². The van der Waals surface area contributed by atoms with E-state index in [4.69, 9.17) is 0 Å². The topological polar surface area (TPSA) is 71.8 Å². The fraction of sp³-hybridized carbons (Fsp3) is 0.250. The summed E-state index contributed by atoms with van der Waals surface area (Å²) in [5.74, 6) is 0.711. The van der Waals surface area contributed by atoms with E-state index in [9.17, 15) is 4.79 Å². The van der Waals surface area contributed by atoms with E-state index in [0.29, 0.717) is 5.16 Å². The van der Waals surface area contributed by atoms with Crippen molar-refractivity contribution in [1.29, 1.82) is 0 Å². The van der Waals surface area contributed by atoms with E-state index >= 15 is 0 Å². The smallest absolute Gasteiger partial charge is 0.240 e. The van der Waals surface area contributed by atoms with Crippen molar-refractivity contribution < 1.29 is 4.79 Å². The predicted octanol–water partition coefficient (Wildman–Crippen LogP) is 3.60. The lowest BCUT2D eigenvalue weighted by Gasteiger charge is -2.32. The molecular weight excluding hydrogens is 358 g/mol. The molecule has 0 radical (unpaired) electrons. The van der Waals surface area contributed by atoms with Crippen LogP contribution in [0.5, 0.6) is 0 Å². The molecule has 0 saturated heterocycles. The van der Waals surface area contributed by atoms with Crippen molar-refractivity contribution in [3.05, 3.63) is 71.0 Å². The first kappa shape index (κ1) is 17.6. The lowest BCUT2D eigenvalue weighted by molar-refractivity contribution is -0.116. The van der Waals surface area contributed by atoms with Crippen molar-refractivity contribution in [1.82, 2.24) is 14.9 Å². The van der Waals surface area contributed by atoms with Crippen LogP contribution in [0.2, 0.25) is 0 Å². The number of thioether (sulfide) groups is 1. The molecule has 2 N–H and O–H groups in total. The maximum Gasteiger partial charge on any atom is 0.240 e. The van der Waals surface area contributed by atoms with Gasteiger partial charge in [-0.3, -0.25) is 4.79 Å². The van der Waals surface area contributed by atoms with Crippen LogP contribution in [-0.4, -0.2) is 26.0 Å². The zero-order valence-corrected chi connectivity index (χ0v) is 16.2. The summed E-state index contributed by atoms with van der Waals surface area (Å²) in [4.78, 5) is 13.1. The van der Waals surface area contributed by atoms with Crippen LogP contribution in [0.25, 0.3) is 0 Å². The van der Waals surface area contributed by atoms with Crippen molar-refractivity contribution >= 4 is 23.4 Å². The van der Waals surface area contributed by atoms with Gasteiger partial charge in [0, 0.05) is 5.69 Å². The van der Waals surface area contributed by atoms with Gasteiger partial charge in [-0.25, -0.2) is 4.68 Å². The standard InChI is InChI=1S/C20H21N5OS/c1-12-7-9-15(10-8-12)17-18(27-20-23-22-14(3)25(20)24-17)19(26)21-16-6-4-5-13(2)11-16/h4-11,17-18,24H,1-3H3,(H,21,26)/t17-,18-/m0/s1. The summed E-state index contributed by atoms with van der Waals surface area (Å²) in [7, 11) is 0.